The molecule has 0 aliphatic carbocycles. The molecule has 1 unspecified atom stereocenters. The molecule has 6 heteroatoms. The van der Waals surface area contributed by atoms with E-state index in [-0.39, 0.29) is 25.0 Å². The third-order valence-electron chi connectivity index (χ3n) is 4.39. The van der Waals surface area contributed by atoms with Gasteiger partial charge in [-0.25, -0.2) is 4.79 Å². The molecular formula is C22H25NO5. The third-order valence-corrected chi connectivity index (χ3v) is 4.39. The summed E-state index contributed by atoms with van der Waals surface area (Å²) in [4.78, 5) is 23.8. The number of carbonyl (C=O) groups is 2. The number of amides is 1. The molecule has 28 heavy (non-hydrogen) atoms. The van der Waals surface area contributed by atoms with Gasteiger partial charge in [0.25, 0.3) is 0 Å². The summed E-state index contributed by atoms with van der Waals surface area (Å²) in [6.07, 6.45) is 0.177. The number of benzene rings is 2. The Morgan fingerprint density at radius 1 is 1.14 bits per heavy atom. The molecule has 0 saturated carbocycles. The summed E-state index contributed by atoms with van der Waals surface area (Å²) in [5, 5.41) is 15.0. The predicted octanol–water partition coefficient (Wildman–Crippen LogP) is 3.90. The number of aliphatic carboxylic acids is 1. The number of carboxylic acids is 1. The molecular weight excluding hydrogens is 358 g/mol. The third kappa shape index (κ3) is 4.89. The van der Waals surface area contributed by atoms with E-state index in [2.05, 4.69) is 5.32 Å². The van der Waals surface area contributed by atoms with Crippen LogP contribution in [0.25, 0.3) is 21.7 Å². The molecule has 2 N–H and O–H groups in total. The molecule has 0 bridgehead atoms. The number of furan rings is 1. The van der Waals surface area contributed by atoms with E-state index in [1.807, 2.05) is 63.2 Å². The van der Waals surface area contributed by atoms with E-state index in [1.165, 1.54) is 0 Å². The van der Waals surface area contributed by atoms with E-state index in [4.69, 9.17) is 9.15 Å². The van der Waals surface area contributed by atoms with Gasteiger partial charge in [-0.3, -0.25) is 4.79 Å². The second kappa shape index (κ2) is 8.02. The maximum Gasteiger partial charge on any atom is 0.326 e. The Morgan fingerprint density at radius 2 is 1.89 bits per heavy atom. The van der Waals surface area contributed by atoms with Gasteiger partial charge in [-0.2, -0.15) is 0 Å². The summed E-state index contributed by atoms with van der Waals surface area (Å²) < 4.78 is 11.3. The van der Waals surface area contributed by atoms with Crippen LogP contribution < -0.4 is 5.32 Å². The molecule has 0 spiro atoms. The molecule has 0 saturated heterocycles. The number of carbonyl (C=O) groups excluding carboxylic acids is 1. The molecule has 6 nitrogen and oxygen atoms in total. The smallest absolute Gasteiger partial charge is 0.326 e. The fraction of sp³-hybridized carbons (Fsp3) is 0.364. The van der Waals surface area contributed by atoms with Crippen molar-refractivity contribution >= 4 is 33.6 Å². The van der Waals surface area contributed by atoms with Gasteiger partial charge < -0.3 is 19.6 Å². The minimum absolute atomic E-state index is 0.0209. The molecule has 0 fully saturated rings. The van der Waals surface area contributed by atoms with E-state index >= 15 is 0 Å². The Morgan fingerprint density at radius 3 is 2.61 bits per heavy atom. The highest BCUT2D eigenvalue weighted by molar-refractivity contribution is 6.06. The topological polar surface area (TPSA) is 88.8 Å². The molecule has 0 aliphatic rings. The zero-order valence-electron chi connectivity index (χ0n) is 16.3. The van der Waals surface area contributed by atoms with Gasteiger partial charge in [0.2, 0.25) is 5.91 Å². The number of fused-ring (bicyclic) bond motifs is 3. The lowest BCUT2D eigenvalue weighted by Gasteiger charge is -2.21. The summed E-state index contributed by atoms with van der Waals surface area (Å²) in [5.74, 6) is -0.980. The zero-order valence-corrected chi connectivity index (χ0v) is 16.3. The van der Waals surface area contributed by atoms with E-state index in [1.54, 1.807) is 0 Å². The van der Waals surface area contributed by atoms with Crippen molar-refractivity contribution in [1.82, 2.24) is 5.32 Å². The van der Waals surface area contributed by atoms with Crippen molar-refractivity contribution in [3.63, 3.8) is 0 Å². The van der Waals surface area contributed by atoms with Crippen molar-refractivity contribution in [3.05, 3.63) is 48.2 Å². The molecule has 0 aliphatic heterocycles. The number of nitrogens with one attached hydrogen (secondary N) is 1. The van der Waals surface area contributed by atoms with Crippen LogP contribution in [0, 0.1) is 0 Å². The average molecular weight is 383 g/mol. The summed E-state index contributed by atoms with van der Waals surface area (Å²) in [6, 6.07) is 12.6. The quantitative estimate of drug-likeness (QED) is 0.646. The molecule has 3 rings (SSSR count). The Bertz CT molecular complexity index is 999. The predicted molar refractivity (Wildman–Crippen MR) is 107 cm³/mol. The highest BCUT2D eigenvalue weighted by Crippen LogP contribution is 2.28. The van der Waals surface area contributed by atoms with E-state index in [0.29, 0.717) is 11.3 Å². The fourth-order valence-corrected chi connectivity index (χ4v) is 3.08. The summed E-state index contributed by atoms with van der Waals surface area (Å²) in [7, 11) is 0. The van der Waals surface area contributed by atoms with Crippen LogP contribution in [0.5, 0.6) is 0 Å². The van der Waals surface area contributed by atoms with Gasteiger partial charge >= 0.3 is 5.97 Å². The standard InChI is InChI=1S/C22H25NO5/c1-22(2,3)27-11-10-18(21(25)26)23-20(24)13-15-12-17-16-7-5-4-6-14(16)8-9-19(17)28-15/h4-9,12,18H,10-11,13H2,1-3H3,(H,23,24)(H,25,26). The number of hydrogen-bond donors (Lipinski definition) is 2. The van der Waals surface area contributed by atoms with Crippen molar-refractivity contribution in [2.45, 2.75) is 45.3 Å². The van der Waals surface area contributed by atoms with Crippen LogP contribution in [0.2, 0.25) is 0 Å². The molecule has 148 valence electrons. The minimum atomic E-state index is -1.08. The monoisotopic (exact) mass is 383 g/mol. The van der Waals surface area contributed by atoms with Gasteiger partial charge in [0, 0.05) is 18.4 Å². The van der Waals surface area contributed by atoms with Crippen LogP contribution in [-0.2, 0) is 20.7 Å². The van der Waals surface area contributed by atoms with Crippen molar-refractivity contribution in [2.75, 3.05) is 6.61 Å². The zero-order chi connectivity index (χ0) is 20.3. The van der Waals surface area contributed by atoms with Gasteiger partial charge in [-0.05, 0) is 43.7 Å². The Labute approximate surface area is 163 Å². The molecule has 1 atom stereocenters. The average Bonchev–Trinajstić information content (AvgIpc) is 3.02. The summed E-state index contributed by atoms with van der Waals surface area (Å²) in [6.45, 7) is 5.93. The number of rotatable bonds is 7. The lowest BCUT2D eigenvalue weighted by molar-refractivity contribution is -0.142. The van der Waals surface area contributed by atoms with Crippen LogP contribution in [0.3, 0.4) is 0 Å². The van der Waals surface area contributed by atoms with Crippen molar-refractivity contribution in [2.24, 2.45) is 0 Å². The normalized spacial score (nSPS) is 13.0. The van der Waals surface area contributed by atoms with Crippen molar-refractivity contribution < 1.29 is 23.8 Å². The van der Waals surface area contributed by atoms with Crippen LogP contribution in [0.15, 0.2) is 46.9 Å². The van der Waals surface area contributed by atoms with E-state index in [9.17, 15) is 14.7 Å². The van der Waals surface area contributed by atoms with Crippen LogP contribution in [0.1, 0.15) is 33.0 Å². The first-order chi connectivity index (χ1) is 13.2. The SMILES string of the molecule is CC(C)(C)OCCC(NC(=O)Cc1cc2c(ccc3ccccc32)o1)C(=O)O. The molecule has 1 amide bonds. The molecule has 1 aromatic heterocycles. The van der Waals surface area contributed by atoms with Crippen molar-refractivity contribution in [1.29, 1.82) is 0 Å². The van der Waals surface area contributed by atoms with E-state index < -0.39 is 17.9 Å². The fourth-order valence-electron chi connectivity index (χ4n) is 3.08. The first-order valence-electron chi connectivity index (χ1n) is 9.29. The van der Waals surface area contributed by atoms with Crippen LogP contribution in [-0.4, -0.2) is 35.2 Å². The second-order valence-corrected chi connectivity index (χ2v) is 7.80. The Kier molecular flexibility index (Phi) is 5.70. The summed E-state index contributed by atoms with van der Waals surface area (Å²) >= 11 is 0. The molecule has 3 aromatic rings. The first-order valence-corrected chi connectivity index (χ1v) is 9.29. The Balaban J connectivity index is 1.67. The number of hydrogen-bond acceptors (Lipinski definition) is 4. The Hall–Kier alpha value is -2.86. The number of carboxylic acid groups (broad SMARTS) is 1. The van der Waals surface area contributed by atoms with Gasteiger partial charge in [-0.1, -0.05) is 30.3 Å². The van der Waals surface area contributed by atoms with Crippen molar-refractivity contribution in [3.8, 4) is 0 Å². The summed E-state index contributed by atoms with van der Waals surface area (Å²) in [5.41, 5.74) is 0.347. The van der Waals surface area contributed by atoms with Gasteiger partial charge in [-0.15, -0.1) is 0 Å². The van der Waals surface area contributed by atoms with Gasteiger partial charge in [0.05, 0.1) is 12.0 Å². The lowest BCUT2D eigenvalue weighted by atomic mass is 10.1. The highest BCUT2D eigenvalue weighted by atomic mass is 16.5. The maximum absolute atomic E-state index is 12.4. The molecule has 2 aromatic carbocycles. The largest absolute Gasteiger partial charge is 0.480 e. The van der Waals surface area contributed by atoms with Gasteiger partial charge in [0.15, 0.2) is 0 Å². The highest BCUT2D eigenvalue weighted by Gasteiger charge is 2.22. The second-order valence-electron chi connectivity index (χ2n) is 7.80. The van der Waals surface area contributed by atoms with Crippen LogP contribution in [0.4, 0.5) is 0 Å². The first kappa shape index (κ1) is 19.9. The minimum Gasteiger partial charge on any atom is -0.480 e. The molecule has 0 radical (unpaired) electrons. The van der Waals surface area contributed by atoms with Crippen LogP contribution >= 0.6 is 0 Å². The van der Waals surface area contributed by atoms with Gasteiger partial charge in [0.1, 0.15) is 17.4 Å². The van der Waals surface area contributed by atoms with E-state index in [0.717, 1.165) is 16.2 Å². The maximum atomic E-state index is 12.4. The molecule has 1 heterocycles. The number of ether oxygens (including phenoxy) is 1. The lowest BCUT2D eigenvalue weighted by Crippen LogP contribution is -2.42.